The number of amides is 1. The third-order valence-electron chi connectivity index (χ3n) is 4.97. The van der Waals surface area contributed by atoms with Gasteiger partial charge in [0.1, 0.15) is 0 Å². The molecule has 4 aromatic rings. The van der Waals surface area contributed by atoms with Gasteiger partial charge in [0.15, 0.2) is 4.34 Å². The Labute approximate surface area is 227 Å². The molecule has 1 heterocycles. The predicted octanol–water partition coefficient (Wildman–Crippen LogP) is 6.36. The molecule has 4 rings (SSSR count). The lowest BCUT2D eigenvalue weighted by Gasteiger charge is -2.24. The highest BCUT2D eigenvalue weighted by Crippen LogP contribution is 2.34. The minimum Gasteiger partial charge on any atom is -0.296 e. The molecule has 1 N–H and O–H groups in total. The zero-order chi connectivity index (χ0) is 25.7. The minimum absolute atomic E-state index is 0.0270. The van der Waals surface area contributed by atoms with E-state index in [2.05, 4.69) is 15.5 Å². The molecule has 0 unspecified atom stereocenters. The van der Waals surface area contributed by atoms with E-state index < -0.39 is 10.0 Å². The number of nitrogens with one attached hydrogen (secondary N) is 1. The van der Waals surface area contributed by atoms with Gasteiger partial charge in [-0.1, -0.05) is 94.8 Å². The number of anilines is 2. The monoisotopic (exact) mass is 578 g/mol. The standard InChI is InChI=1S/C24H20Cl2N4O3S3/c1-36(32,33)30(20-9-5-8-19(25)21(20)26)14-16-10-12-18(13-11-16)22(31)27-23-28-29-24(35-23)34-15-17-6-3-2-4-7-17/h2-13H,14-15H2,1H3,(H,27,28,31). The topological polar surface area (TPSA) is 92.3 Å². The van der Waals surface area contributed by atoms with Crippen molar-refractivity contribution in [1.82, 2.24) is 10.2 Å². The van der Waals surface area contributed by atoms with Gasteiger partial charge in [-0.2, -0.15) is 0 Å². The van der Waals surface area contributed by atoms with Gasteiger partial charge in [-0.15, -0.1) is 10.2 Å². The molecule has 36 heavy (non-hydrogen) atoms. The molecule has 1 aromatic heterocycles. The van der Waals surface area contributed by atoms with Crippen LogP contribution in [0.1, 0.15) is 21.5 Å². The van der Waals surface area contributed by atoms with Gasteiger partial charge < -0.3 is 0 Å². The van der Waals surface area contributed by atoms with Crippen LogP contribution in [-0.2, 0) is 22.3 Å². The molecule has 0 bridgehead atoms. The minimum atomic E-state index is -3.65. The number of rotatable bonds is 9. The van der Waals surface area contributed by atoms with E-state index in [4.69, 9.17) is 23.2 Å². The number of carbonyl (C=O) groups is 1. The van der Waals surface area contributed by atoms with Gasteiger partial charge in [-0.25, -0.2) is 8.42 Å². The van der Waals surface area contributed by atoms with Crippen LogP contribution in [-0.4, -0.2) is 30.8 Å². The van der Waals surface area contributed by atoms with Gasteiger partial charge in [0.2, 0.25) is 15.2 Å². The van der Waals surface area contributed by atoms with Gasteiger partial charge >= 0.3 is 0 Å². The molecule has 0 aliphatic rings. The van der Waals surface area contributed by atoms with E-state index in [9.17, 15) is 13.2 Å². The fraction of sp³-hybridized carbons (Fsp3) is 0.125. The summed E-state index contributed by atoms with van der Waals surface area (Å²) in [7, 11) is -3.65. The molecule has 7 nitrogen and oxygen atoms in total. The van der Waals surface area contributed by atoms with Crippen LogP contribution in [0.2, 0.25) is 10.0 Å². The summed E-state index contributed by atoms with van der Waals surface area (Å²) < 4.78 is 26.8. The van der Waals surface area contributed by atoms with E-state index in [1.54, 1.807) is 54.2 Å². The molecule has 0 radical (unpaired) electrons. The third kappa shape index (κ3) is 6.77. The molecule has 3 aromatic carbocycles. The largest absolute Gasteiger partial charge is 0.296 e. The quantitative estimate of drug-likeness (QED) is 0.183. The molecule has 0 aliphatic carbocycles. The summed E-state index contributed by atoms with van der Waals surface area (Å²) in [4.78, 5) is 12.7. The summed E-state index contributed by atoms with van der Waals surface area (Å²) in [5.74, 6) is 0.422. The second kappa shape index (κ2) is 11.6. The number of nitrogens with zero attached hydrogens (tertiary/aromatic N) is 3. The first-order valence-corrected chi connectivity index (χ1v) is 14.9. The smallest absolute Gasteiger partial charge is 0.257 e. The van der Waals surface area contributed by atoms with E-state index in [0.717, 1.165) is 16.3 Å². The number of hydrogen-bond donors (Lipinski definition) is 1. The molecule has 0 aliphatic heterocycles. The molecule has 0 saturated heterocycles. The summed E-state index contributed by atoms with van der Waals surface area (Å²) in [5, 5.41) is 11.7. The van der Waals surface area contributed by atoms with E-state index in [-0.39, 0.29) is 28.2 Å². The van der Waals surface area contributed by atoms with Crippen LogP contribution in [0, 0.1) is 0 Å². The molecule has 0 saturated carbocycles. The lowest BCUT2D eigenvalue weighted by molar-refractivity contribution is 0.102. The Hall–Kier alpha value is -2.63. The molecule has 186 valence electrons. The molecule has 1 amide bonds. The lowest BCUT2D eigenvalue weighted by atomic mass is 10.1. The SMILES string of the molecule is CS(=O)(=O)N(Cc1ccc(C(=O)Nc2nnc(SCc3ccccc3)s2)cc1)c1cccc(Cl)c1Cl. The van der Waals surface area contributed by atoms with Crippen molar-refractivity contribution in [3.8, 4) is 0 Å². The maximum absolute atomic E-state index is 12.7. The predicted molar refractivity (Wildman–Crippen MR) is 148 cm³/mol. The second-order valence-corrected chi connectivity index (χ2v) is 12.5. The lowest BCUT2D eigenvalue weighted by Crippen LogP contribution is -2.29. The van der Waals surface area contributed by atoms with Crippen LogP contribution in [0.5, 0.6) is 0 Å². The fourth-order valence-electron chi connectivity index (χ4n) is 3.20. The van der Waals surface area contributed by atoms with Crippen molar-refractivity contribution in [3.63, 3.8) is 0 Å². The maximum atomic E-state index is 12.7. The Balaban J connectivity index is 1.40. The normalized spacial score (nSPS) is 11.3. The highest BCUT2D eigenvalue weighted by atomic mass is 35.5. The van der Waals surface area contributed by atoms with Crippen molar-refractivity contribution in [2.24, 2.45) is 0 Å². The molecule has 0 atom stereocenters. The van der Waals surface area contributed by atoms with Crippen LogP contribution in [0.25, 0.3) is 0 Å². The van der Waals surface area contributed by atoms with Crippen LogP contribution in [0.4, 0.5) is 10.8 Å². The molecular formula is C24H20Cl2N4O3S3. The van der Waals surface area contributed by atoms with Crippen molar-refractivity contribution in [2.75, 3.05) is 15.9 Å². The van der Waals surface area contributed by atoms with Gasteiger partial charge in [0.05, 0.1) is 28.5 Å². The van der Waals surface area contributed by atoms with E-state index in [0.29, 0.717) is 16.3 Å². The second-order valence-electron chi connectivity index (χ2n) is 7.64. The Kier molecular flexibility index (Phi) is 8.53. The number of thioether (sulfide) groups is 1. The zero-order valence-electron chi connectivity index (χ0n) is 18.9. The van der Waals surface area contributed by atoms with Crippen molar-refractivity contribution in [2.45, 2.75) is 16.6 Å². The number of benzene rings is 3. The van der Waals surface area contributed by atoms with E-state index in [1.807, 2.05) is 30.3 Å². The van der Waals surface area contributed by atoms with E-state index in [1.165, 1.54) is 21.2 Å². The first-order valence-electron chi connectivity index (χ1n) is 10.5. The van der Waals surface area contributed by atoms with Crippen molar-refractivity contribution in [1.29, 1.82) is 0 Å². The summed E-state index contributed by atoms with van der Waals surface area (Å²) in [5.41, 5.74) is 2.53. The van der Waals surface area contributed by atoms with Gasteiger partial charge in [-0.3, -0.25) is 14.4 Å². The van der Waals surface area contributed by atoms with Gasteiger partial charge in [0.25, 0.3) is 5.91 Å². The van der Waals surface area contributed by atoms with Crippen molar-refractivity contribution < 1.29 is 13.2 Å². The molecular weight excluding hydrogens is 559 g/mol. The molecule has 0 fully saturated rings. The Morgan fingerprint density at radius 1 is 0.972 bits per heavy atom. The van der Waals surface area contributed by atoms with E-state index >= 15 is 0 Å². The van der Waals surface area contributed by atoms with Crippen LogP contribution >= 0.6 is 46.3 Å². The Morgan fingerprint density at radius 2 is 1.69 bits per heavy atom. The summed E-state index contributed by atoms with van der Waals surface area (Å²) in [6, 6.07) is 21.4. The fourth-order valence-corrected chi connectivity index (χ4v) is 6.24. The highest BCUT2D eigenvalue weighted by molar-refractivity contribution is 8.00. The number of halogens is 2. The number of carbonyl (C=O) groups excluding carboxylic acids is 1. The number of sulfonamides is 1. The first-order chi connectivity index (χ1) is 17.2. The number of aromatic nitrogens is 2. The summed E-state index contributed by atoms with van der Waals surface area (Å²) in [6.45, 7) is 0.0270. The van der Waals surface area contributed by atoms with Crippen LogP contribution in [0.3, 0.4) is 0 Å². The zero-order valence-corrected chi connectivity index (χ0v) is 22.9. The summed E-state index contributed by atoms with van der Waals surface area (Å²) in [6.07, 6.45) is 1.10. The summed E-state index contributed by atoms with van der Waals surface area (Å²) >= 11 is 15.2. The number of hydrogen-bond acceptors (Lipinski definition) is 7. The molecule has 12 heteroatoms. The highest BCUT2D eigenvalue weighted by Gasteiger charge is 2.22. The van der Waals surface area contributed by atoms with Crippen molar-refractivity contribution in [3.05, 3.63) is 99.5 Å². The maximum Gasteiger partial charge on any atom is 0.257 e. The molecule has 0 spiro atoms. The third-order valence-corrected chi connectivity index (χ3v) is 8.95. The van der Waals surface area contributed by atoms with Gasteiger partial charge in [0, 0.05) is 11.3 Å². The van der Waals surface area contributed by atoms with Crippen LogP contribution in [0.15, 0.2) is 77.1 Å². The average Bonchev–Trinajstić information content (AvgIpc) is 3.31. The average molecular weight is 580 g/mol. The van der Waals surface area contributed by atoms with Crippen molar-refractivity contribution >= 4 is 73.0 Å². The Morgan fingerprint density at radius 3 is 2.39 bits per heavy atom. The van der Waals surface area contributed by atoms with Crippen LogP contribution < -0.4 is 9.62 Å². The van der Waals surface area contributed by atoms with Gasteiger partial charge in [-0.05, 0) is 35.4 Å². The Bertz CT molecular complexity index is 1460. The first kappa shape index (κ1) is 26.4.